The number of nitro benzene ring substituents is 1. The van der Waals surface area contributed by atoms with Crippen molar-refractivity contribution in [2.24, 2.45) is 11.8 Å². The van der Waals surface area contributed by atoms with E-state index in [0.717, 1.165) is 116 Å². The van der Waals surface area contributed by atoms with E-state index in [-0.39, 0.29) is 86.7 Å². The van der Waals surface area contributed by atoms with Crippen LogP contribution in [0.25, 0.3) is 0 Å². The number of carbonyl (C=O) groups excluding carboxylic acids is 5. The second kappa shape index (κ2) is 39.9. The topological polar surface area (TPSA) is 184 Å². The van der Waals surface area contributed by atoms with Gasteiger partial charge < -0.3 is 28.4 Å². The average molecular weight is 1020 g/mol. The molecule has 2 aromatic carbocycles. The third-order valence-corrected chi connectivity index (χ3v) is 12.5. The molecular weight excluding hydrogens is 931 g/mol. The maximum Gasteiger partial charge on any atom is 0.514 e. The van der Waals surface area contributed by atoms with Gasteiger partial charge >= 0.3 is 30.0 Å². The maximum atomic E-state index is 13.1. The van der Waals surface area contributed by atoms with E-state index in [4.69, 9.17) is 28.4 Å². The predicted molar refractivity (Wildman–Crippen MR) is 285 cm³/mol. The lowest BCUT2D eigenvalue weighted by atomic mass is 9.96. The largest absolute Gasteiger partial charge is 0.514 e. The van der Waals surface area contributed by atoms with Gasteiger partial charge in [0.05, 0.1) is 4.92 Å². The van der Waals surface area contributed by atoms with Gasteiger partial charge in [-0.15, -0.1) is 0 Å². The Morgan fingerprint density at radius 1 is 0.562 bits per heavy atom. The fraction of sp³-hybridized carbons (Fsp3) is 0.644. The molecule has 0 aliphatic heterocycles. The Balaban J connectivity index is 1.76. The summed E-state index contributed by atoms with van der Waals surface area (Å²) in [6.07, 6.45) is 30.8. The third-order valence-electron chi connectivity index (χ3n) is 12.5. The SMILES string of the molecule is CCCC/C=C\CCCCCCCC(=O)OCC(COC(=O)CCCCCCC/C=C\CCCC)OC(=O)CC(C)CCCCC(C)CC(=O)Oc1c(C)cc(COC(=O)Oc2ccc([N+](=O)[O-])cc2)cc1C. The van der Waals surface area contributed by atoms with Crippen LogP contribution in [0.5, 0.6) is 11.5 Å². The van der Waals surface area contributed by atoms with E-state index in [1.54, 1.807) is 26.0 Å². The van der Waals surface area contributed by atoms with Gasteiger partial charge in [0.25, 0.3) is 5.69 Å². The minimum atomic E-state index is -0.964. The van der Waals surface area contributed by atoms with Gasteiger partial charge in [0.15, 0.2) is 6.10 Å². The normalized spacial score (nSPS) is 12.2. The van der Waals surface area contributed by atoms with E-state index in [1.807, 2.05) is 13.8 Å². The molecule has 0 aliphatic rings. The Kier molecular flexibility index (Phi) is 34.8. The summed E-state index contributed by atoms with van der Waals surface area (Å²) in [4.78, 5) is 74.0. The fourth-order valence-electron chi connectivity index (χ4n) is 8.21. The summed E-state index contributed by atoms with van der Waals surface area (Å²) >= 11 is 0. The van der Waals surface area contributed by atoms with Crippen LogP contribution in [0, 0.1) is 35.8 Å². The molecule has 0 fully saturated rings. The van der Waals surface area contributed by atoms with Crippen molar-refractivity contribution in [3.05, 3.63) is 87.5 Å². The zero-order valence-electron chi connectivity index (χ0n) is 45.3. The van der Waals surface area contributed by atoms with Gasteiger partial charge in [0, 0.05) is 37.8 Å². The van der Waals surface area contributed by atoms with E-state index in [0.29, 0.717) is 22.4 Å². The van der Waals surface area contributed by atoms with Gasteiger partial charge in [-0.2, -0.15) is 0 Å². The molecule has 14 heteroatoms. The molecule has 0 heterocycles. The number of rotatable bonds is 41. The van der Waals surface area contributed by atoms with E-state index in [9.17, 15) is 34.1 Å². The van der Waals surface area contributed by atoms with Crippen LogP contribution in [-0.2, 0) is 44.7 Å². The number of carbonyl (C=O) groups is 5. The molecule has 2 aromatic rings. The highest BCUT2D eigenvalue weighted by Gasteiger charge is 2.22. The zero-order chi connectivity index (χ0) is 53.5. The molecule has 0 saturated heterocycles. The van der Waals surface area contributed by atoms with Crippen molar-refractivity contribution in [3.63, 3.8) is 0 Å². The van der Waals surface area contributed by atoms with Gasteiger partial charge in [0.2, 0.25) is 0 Å². The second-order valence-electron chi connectivity index (χ2n) is 19.6. The summed E-state index contributed by atoms with van der Waals surface area (Å²) < 4.78 is 32.9. The number of nitro groups is 1. The molecule has 2 rings (SSSR count). The first-order valence-electron chi connectivity index (χ1n) is 27.4. The molecule has 73 heavy (non-hydrogen) atoms. The number of nitrogens with zero attached hydrogens (tertiary/aromatic N) is 1. The summed E-state index contributed by atoms with van der Waals surface area (Å²) in [7, 11) is 0. The number of benzene rings is 2. The Hall–Kier alpha value is -5.53. The monoisotopic (exact) mass is 1020 g/mol. The van der Waals surface area contributed by atoms with Gasteiger partial charge in [0.1, 0.15) is 31.3 Å². The molecule has 2 unspecified atom stereocenters. The Morgan fingerprint density at radius 2 is 1.01 bits per heavy atom. The third kappa shape index (κ3) is 32.3. The van der Waals surface area contributed by atoms with Crippen LogP contribution in [0.2, 0.25) is 0 Å². The van der Waals surface area contributed by atoms with Gasteiger partial charge in [-0.05, 0) is 118 Å². The standard InChI is InChI=1S/C59H89NO13/c1-7-9-11-13-15-17-19-21-23-25-27-33-54(61)68-44-53(45-69-55(62)34-28-26-24-22-20-18-16-14-12-10-8-2)71-56(63)39-46(3)31-29-30-32-47(4)40-57(64)73-58-48(5)41-50(42-49(58)6)43-70-59(65)72-52-37-35-51(36-38-52)60(66)67/h13-16,35-38,41-42,46-47,53H,7-12,17-34,39-40,43-45H2,1-6H3/b15-13-,16-14-. The number of ether oxygens (including phenoxy) is 6. The summed E-state index contributed by atoms with van der Waals surface area (Å²) in [5.41, 5.74) is 1.94. The lowest BCUT2D eigenvalue weighted by molar-refractivity contribution is -0.384. The van der Waals surface area contributed by atoms with E-state index in [1.165, 1.54) is 49.9 Å². The number of hydrogen-bond donors (Lipinski definition) is 0. The first-order valence-corrected chi connectivity index (χ1v) is 27.4. The van der Waals surface area contributed by atoms with Crippen molar-refractivity contribution in [1.29, 1.82) is 0 Å². The number of hydrogen-bond acceptors (Lipinski definition) is 13. The van der Waals surface area contributed by atoms with Gasteiger partial charge in [-0.1, -0.05) is 142 Å². The molecule has 0 spiro atoms. The first kappa shape index (κ1) is 63.6. The summed E-state index contributed by atoms with van der Waals surface area (Å²) in [6, 6.07) is 8.59. The average Bonchev–Trinajstić information content (AvgIpc) is 3.35. The molecular formula is C59H89NO13. The van der Waals surface area contributed by atoms with Crippen molar-refractivity contribution in [2.45, 2.75) is 221 Å². The van der Waals surface area contributed by atoms with Crippen molar-refractivity contribution in [1.82, 2.24) is 0 Å². The second-order valence-corrected chi connectivity index (χ2v) is 19.6. The minimum Gasteiger partial charge on any atom is -0.462 e. The quantitative estimate of drug-likeness (QED) is 0.00897. The molecule has 0 radical (unpaired) electrons. The highest BCUT2D eigenvalue weighted by molar-refractivity contribution is 5.74. The van der Waals surface area contributed by atoms with Crippen LogP contribution in [0.1, 0.15) is 211 Å². The van der Waals surface area contributed by atoms with E-state index >= 15 is 0 Å². The molecule has 0 bridgehead atoms. The first-order chi connectivity index (χ1) is 35.2. The van der Waals surface area contributed by atoms with Crippen LogP contribution >= 0.6 is 0 Å². The molecule has 0 N–H and O–H groups in total. The Bertz CT molecular complexity index is 1890. The molecule has 14 nitrogen and oxygen atoms in total. The summed E-state index contributed by atoms with van der Waals surface area (Å²) in [5.74, 6) is -0.853. The Morgan fingerprint density at radius 3 is 1.49 bits per heavy atom. The van der Waals surface area contributed by atoms with E-state index < -0.39 is 23.2 Å². The maximum absolute atomic E-state index is 13.1. The van der Waals surface area contributed by atoms with Gasteiger partial charge in [-0.25, -0.2) is 4.79 Å². The van der Waals surface area contributed by atoms with Crippen molar-refractivity contribution in [3.8, 4) is 11.5 Å². The van der Waals surface area contributed by atoms with Crippen molar-refractivity contribution < 1.29 is 57.3 Å². The molecule has 408 valence electrons. The van der Waals surface area contributed by atoms with Gasteiger partial charge in [-0.3, -0.25) is 29.3 Å². The van der Waals surface area contributed by atoms with Crippen LogP contribution < -0.4 is 9.47 Å². The number of unbranched alkanes of at least 4 members (excludes halogenated alkanes) is 15. The Labute approximate surface area is 436 Å². The van der Waals surface area contributed by atoms with Crippen molar-refractivity contribution >= 4 is 35.7 Å². The minimum absolute atomic E-state index is 0.0210. The lowest BCUT2D eigenvalue weighted by Crippen LogP contribution is -2.31. The molecule has 2 atom stereocenters. The zero-order valence-corrected chi connectivity index (χ0v) is 45.3. The summed E-state index contributed by atoms with van der Waals surface area (Å²) in [6.45, 7) is 11.6. The van der Waals surface area contributed by atoms with Crippen LogP contribution in [0.4, 0.5) is 10.5 Å². The number of esters is 4. The fourth-order valence-corrected chi connectivity index (χ4v) is 8.21. The van der Waals surface area contributed by atoms with E-state index in [2.05, 4.69) is 38.2 Å². The lowest BCUT2D eigenvalue weighted by Gasteiger charge is -2.19. The van der Waals surface area contributed by atoms with Crippen LogP contribution in [0.15, 0.2) is 60.7 Å². The van der Waals surface area contributed by atoms with Crippen LogP contribution in [-0.4, -0.2) is 54.3 Å². The summed E-state index contributed by atoms with van der Waals surface area (Å²) in [5, 5.41) is 10.9. The smallest absolute Gasteiger partial charge is 0.462 e. The molecule has 0 aromatic heterocycles. The number of allylic oxidation sites excluding steroid dienone is 4. The molecule has 0 amide bonds. The number of non-ortho nitro benzene ring substituents is 1. The van der Waals surface area contributed by atoms with Crippen LogP contribution in [0.3, 0.4) is 0 Å². The molecule has 0 saturated carbocycles. The highest BCUT2D eigenvalue weighted by Crippen LogP contribution is 2.27. The number of aryl methyl sites for hydroxylation is 2. The molecule has 0 aliphatic carbocycles. The van der Waals surface area contributed by atoms with Crippen molar-refractivity contribution in [2.75, 3.05) is 13.2 Å². The highest BCUT2D eigenvalue weighted by atomic mass is 16.7. The predicted octanol–water partition coefficient (Wildman–Crippen LogP) is 15.4.